The number of benzene rings is 6. The van der Waals surface area contributed by atoms with Gasteiger partial charge in [-0.05, 0) is 99.0 Å². The highest BCUT2D eigenvalue weighted by Gasteiger charge is 2.51. The number of allylic oxidation sites excluding steroid dienone is 4. The minimum absolute atomic E-state index is 0.366. The van der Waals surface area contributed by atoms with Crippen molar-refractivity contribution in [3.8, 4) is 22.3 Å². The maximum atomic E-state index is 4.64. The highest BCUT2D eigenvalue weighted by molar-refractivity contribution is 7.99. The van der Waals surface area contributed by atoms with Crippen molar-refractivity contribution >= 4 is 28.7 Å². The van der Waals surface area contributed by atoms with Crippen LogP contribution in [0.5, 0.6) is 0 Å². The SMILES string of the molecule is C=C(/C=C\C1=C(C)C2(c3cc(-c4ccccc4)ccc31)c1ccccc1-c1ccccc12)N1c2ccccc2Sc2ccccc21. The van der Waals surface area contributed by atoms with Gasteiger partial charge in [-0.2, -0.15) is 0 Å². The number of rotatable bonds is 4. The average Bonchev–Trinajstić information content (AvgIpc) is 3.55. The van der Waals surface area contributed by atoms with Crippen LogP contribution in [0, 0.1) is 0 Å². The number of anilines is 2. The molecule has 0 saturated carbocycles. The Kier molecular flexibility index (Phi) is 6.10. The molecule has 1 spiro atoms. The van der Waals surface area contributed by atoms with Crippen molar-refractivity contribution in [2.45, 2.75) is 22.1 Å². The molecule has 6 aromatic rings. The maximum Gasteiger partial charge on any atom is 0.0685 e. The molecule has 0 bridgehead atoms. The molecule has 0 unspecified atom stereocenters. The molecule has 1 nitrogen and oxygen atoms in total. The van der Waals surface area contributed by atoms with Gasteiger partial charge in [-0.1, -0.05) is 140 Å². The van der Waals surface area contributed by atoms with Gasteiger partial charge in [-0.15, -0.1) is 0 Å². The second kappa shape index (κ2) is 10.4. The van der Waals surface area contributed by atoms with Gasteiger partial charge in [0.05, 0.1) is 16.8 Å². The molecule has 3 aliphatic rings. The molecule has 6 aromatic carbocycles. The molecule has 1 heterocycles. The van der Waals surface area contributed by atoms with Crippen molar-refractivity contribution in [3.63, 3.8) is 0 Å². The summed E-state index contributed by atoms with van der Waals surface area (Å²) in [6.07, 6.45) is 4.52. The van der Waals surface area contributed by atoms with E-state index in [0.717, 1.165) is 5.70 Å². The lowest BCUT2D eigenvalue weighted by atomic mass is 9.70. The highest BCUT2D eigenvalue weighted by atomic mass is 32.2. The van der Waals surface area contributed by atoms with Crippen LogP contribution in [0.3, 0.4) is 0 Å². The van der Waals surface area contributed by atoms with Crippen molar-refractivity contribution < 1.29 is 0 Å². The summed E-state index contributed by atoms with van der Waals surface area (Å²) in [5.41, 5.74) is 16.0. The molecular weight excluding hydrogens is 575 g/mol. The van der Waals surface area contributed by atoms with Crippen LogP contribution < -0.4 is 4.90 Å². The molecule has 1 aliphatic heterocycles. The Morgan fingerprint density at radius 2 is 1.15 bits per heavy atom. The standard InChI is InChI=1S/C44H31NS/c1-29(45-40-20-10-12-22-42(40)46-43-23-13-11-21-41(43)45)24-26-33-30(2)44(37-18-8-6-16-34(37)35-17-7-9-19-38(35)44)39-28-32(25-27-36(33)39)31-14-4-3-5-15-31/h3-28H,1H2,2H3/b26-24-. The highest BCUT2D eigenvalue weighted by Crippen LogP contribution is 2.62. The van der Waals surface area contributed by atoms with Crippen LogP contribution in [0.4, 0.5) is 11.4 Å². The van der Waals surface area contributed by atoms with Crippen LogP contribution in [-0.2, 0) is 5.41 Å². The van der Waals surface area contributed by atoms with E-state index in [4.69, 9.17) is 0 Å². The number of hydrogen-bond acceptors (Lipinski definition) is 2. The Balaban J connectivity index is 1.24. The monoisotopic (exact) mass is 605 g/mol. The maximum absolute atomic E-state index is 4.64. The van der Waals surface area contributed by atoms with Crippen molar-refractivity contribution in [2.24, 2.45) is 0 Å². The third kappa shape index (κ3) is 3.77. The summed E-state index contributed by atoms with van der Waals surface area (Å²) in [5, 5.41) is 0. The number of hydrogen-bond donors (Lipinski definition) is 0. The first-order valence-corrected chi connectivity index (χ1v) is 16.6. The van der Waals surface area contributed by atoms with Crippen LogP contribution in [0.1, 0.15) is 29.2 Å². The van der Waals surface area contributed by atoms with E-state index < -0.39 is 0 Å². The molecule has 9 rings (SSSR count). The molecule has 0 atom stereocenters. The lowest BCUT2D eigenvalue weighted by molar-refractivity contribution is 0.767. The molecule has 0 radical (unpaired) electrons. The molecule has 0 aromatic heterocycles. The Morgan fingerprint density at radius 3 is 1.80 bits per heavy atom. The third-order valence-corrected chi connectivity index (χ3v) is 11.0. The zero-order chi connectivity index (χ0) is 30.8. The Labute approximate surface area is 274 Å². The predicted molar refractivity (Wildman–Crippen MR) is 194 cm³/mol. The van der Waals surface area contributed by atoms with Crippen molar-refractivity contribution in [1.29, 1.82) is 0 Å². The van der Waals surface area contributed by atoms with Crippen molar-refractivity contribution in [3.05, 3.63) is 198 Å². The van der Waals surface area contributed by atoms with E-state index in [1.807, 2.05) is 11.8 Å². The summed E-state index contributed by atoms with van der Waals surface area (Å²) < 4.78 is 0. The van der Waals surface area contributed by atoms with E-state index in [1.165, 1.54) is 76.8 Å². The van der Waals surface area contributed by atoms with Gasteiger partial charge < -0.3 is 4.90 Å². The topological polar surface area (TPSA) is 3.24 Å². The lowest BCUT2D eigenvalue weighted by Gasteiger charge is -2.33. The van der Waals surface area contributed by atoms with E-state index in [0.29, 0.717) is 0 Å². The van der Waals surface area contributed by atoms with Crippen molar-refractivity contribution in [2.75, 3.05) is 4.90 Å². The van der Waals surface area contributed by atoms with Crippen LogP contribution in [0.15, 0.2) is 185 Å². The van der Waals surface area contributed by atoms with Gasteiger partial charge in [-0.25, -0.2) is 0 Å². The molecular formula is C44H31NS. The minimum atomic E-state index is -0.366. The molecule has 0 amide bonds. The van der Waals surface area contributed by atoms with Crippen LogP contribution in [0.2, 0.25) is 0 Å². The first-order chi connectivity index (χ1) is 22.7. The van der Waals surface area contributed by atoms with E-state index in [9.17, 15) is 0 Å². The van der Waals surface area contributed by atoms with Crippen molar-refractivity contribution in [1.82, 2.24) is 0 Å². The fourth-order valence-electron chi connectivity index (χ4n) is 7.92. The Hall–Kier alpha value is -5.31. The van der Waals surface area contributed by atoms with Crippen LogP contribution in [-0.4, -0.2) is 0 Å². The van der Waals surface area contributed by atoms with Gasteiger partial charge in [0.2, 0.25) is 0 Å². The summed E-state index contributed by atoms with van der Waals surface area (Å²) in [6.45, 7) is 6.98. The summed E-state index contributed by atoms with van der Waals surface area (Å²) in [7, 11) is 0. The first-order valence-electron chi connectivity index (χ1n) is 15.8. The summed E-state index contributed by atoms with van der Waals surface area (Å²) in [6, 6.07) is 53.0. The predicted octanol–water partition coefficient (Wildman–Crippen LogP) is 11.8. The van der Waals surface area contributed by atoms with Gasteiger partial charge in [0.1, 0.15) is 0 Å². The van der Waals surface area contributed by atoms with Gasteiger partial charge in [0.15, 0.2) is 0 Å². The number of para-hydroxylation sites is 2. The fourth-order valence-corrected chi connectivity index (χ4v) is 8.98. The normalized spacial score (nSPS) is 15.0. The summed E-state index contributed by atoms with van der Waals surface area (Å²) >= 11 is 1.82. The largest absolute Gasteiger partial charge is 0.309 e. The van der Waals surface area contributed by atoms with E-state index >= 15 is 0 Å². The quantitative estimate of drug-likeness (QED) is 0.184. The smallest absolute Gasteiger partial charge is 0.0685 e. The minimum Gasteiger partial charge on any atom is -0.309 e. The summed E-state index contributed by atoms with van der Waals surface area (Å²) in [5.74, 6) is 0. The van der Waals surface area contributed by atoms with E-state index in [2.05, 4.69) is 176 Å². The lowest BCUT2D eigenvalue weighted by Crippen LogP contribution is -2.26. The van der Waals surface area contributed by atoms with Gasteiger partial charge >= 0.3 is 0 Å². The second-order valence-corrected chi connectivity index (χ2v) is 13.3. The fraction of sp³-hybridized carbons (Fsp3) is 0.0455. The number of fused-ring (bicyclic) bond motifs is 9. The van der Waals surface area contributed by atoms with Gasteiger partial charge in [0, 0.05) is 15.5 Å². The van der Waals surface area contributed by atoms with Gasteiger partial charge in [-0.3, -0.25) is 0 Å². The molecule has 2 heteroatoms. The molecule has 0 saturated heterocycles. The molecule has 0 N–H and O–H groups in total. The molecule has 218 valence electrons. The van der Waals surface area contributed by atoms with E-state index in [-0.39, 0.29) is 5.41 Å². The zero-order valence-electron chi connectivity index (χ0n) is 25.6. The molecule has 2 aliphatic carbocycles. The average molecular weight is 606 g/mol. The number of nitrogens with zero attached hydrogens (tertiary/aromatic N) is 1. The van der Waals surface area contributed by atoms with E-state index in [1.54, 1.807) is 0 Å². The van der Waals surface area contributed by atoms with Gasteiger partial charge in [0.25, 0.3) is 0 Å². The molecule has 0 fully saturated rings. The van der Waals surface area contributed by atoms with Crippen LogP contribution >= 0.6 is 11.8 Å². The summed E-state index contributed by atoms with van der Waals surface area (Å²) in [4.78, 5) is 4.78. The third-order valence-electron chi connectivity index (χ3n) is 9.90. The second-order valence-electron chi connectivity index (χ2n) is 12.2. The molecule has 46 heavy (non-hydrogen) atoms. The first kappa shape index (κ1) is 27.0. The zero-order valence-corrected chi connectivity index (χ0v) is 26.4. The Bertz CT molecular complexity index is 2180. The Morgan fingerprint density at radius 1 is 0.587 bits per heavy atom. The van der Waals surface area contributed by atoms with Crippen LogP contribution in [0.25, 0.3) is 27.8 Å².